The molecule has 7 rings (SSSR count). The zero-order chi connectivity index (χ0) is 33.1. The topological polar surface area (TPSA) is 125 Å². The van der Waals surface area contributed by atoms with Crippen LogP contribution in [0.5, 0.6) is 0 Å². The van der Waals surface area contributed by atoms with E-state index in [-0.39, 0.29) is 34.1 Å². The lowest BCUT2D eigenvalue weighted by molar-refractivity contribution is 0.263. The van der Waals surface area contributed by atoms with Crippen molar-refractivity contribution in [2.24, 2.45) is 0 Å². The van der Waals surface area contributed by atoms with Crippen LogP contribution in [-0.2, 0) is 20.0 Å². The maximum atomic E-state index is 14.0. The summed E-state index contributed by atoms with van der Waals surface area (Å²) in [5.41, 5.74) is 2.84. The number of fused-ring (bicyclic) bond motifs is 2. The van der Waals surface area contributed by atoms with Crippen molar-refractivity contribution in [2.75, 3.05) is 24.0 Å². The van der Waals surface area contributed by atoms with E-state index in [1.165, 1.54) is 22.7 Å². The first-order valence-corrected chi connectivity index (χ1v) is 21.1. The maximum Gasteiger partial charge on any atom is 0.272 e. The zero-order valence-electron chi connectivity index (χ0n) is 26.6. The highest BCUT2D eigenvalue weighted by Crippen LogP contribution is 2.34. The van der Waals surface area contributed by atoms with Crippen LogP contribution in [0.1, 0.15) is 64.2 Å². The smallest absolute Gasteiger partial charge is 0.272 e. The lowest BCUT2D eigenvalue weighted by atomic mass is 9.96. The molecule has 14 heteroatoms. The third-order valence-corrected chi connectivity index (χ3v) is 15.9. The van der Waals surface area contributed by atoms with Crippen molar-refractivity contribution in [2.45, 2.75) is 85.0 Å². The van der Waals surface area contributed by atoms with Crippen LogP contribution in [0.4, 0.5) is 11.4 Å². The highest BCUT2D eigenvalue weighted by molar-refractivity contribution is 7.91. The average Bonchev–Trinajstić information content (AvgIpc) is 3.76. The van der Waals surface area contributed by atoms with Crippen LogP contribution < -0.4 is 10.6 Å². The van der Waals surface area contributed by atoms with Crippen molar-refractivity contribution in [3.63, 3.8) is 0 Å². The molecule has 2 saturated carbocycles. The predicted octanol–water partition coefficient (Wildman–Crippen LogP) is 7.69. The fourth-order valence-electron chi connectivity index (χ4n) is 6.76. The molecule has 0 unspecified atom stereocenters. The number of benzene rings is 3. The van der Waals surface area contributed by atoms with Gasteiger partial charge in [0.15, 0.2) is 0 Å². The Morgan fingerprint density at radius 2 is 1.00 bits per heavy atom. The summed E-state index contributed by atoms with van der Waals surface area (Å²) in [6.45, 7) is 0.207. The van der Waals surface area contributed by atoms with Crippen molar-refractivity contribution >= 4 is 74.5 Å². The molecule has 2 fully saturated rings. The van der Waals surface area contributed by atoms with Crippen LogP contribution in [0.25, 0.3) is 20.4 Å². The summed E-state index contributed by atoms with van der Waals surface area (Å²) in [6.07, 6.45) is 9.45. The Hall–Kier alpha value is -3.14. The third kappa shape index (κ3) is 7.10. The molecule has 2 aliphatic carbocycles. The summed E-state index contributed by atoms with van der Waals surface area (Å²) in [5.74, 6) is 0. The molecule has 2 heterocycles. The number of aromatic nitrogens is 2. The quantitative estimate of drug-likeness (QED) is 0.126. The molecule has 0 amide bonds. The van der Waals surface area contributed by atoms with Gasteiger partial charge >= 0.3 is 0 Å². The van der Waals surface area contributed by atoms with Gasteiger partial charge in [0.05, 0.1) is 33.8 Å². The number of hydrogen-bond donors (Lipinski definition) is 2. The van der Waals surface area contributed by atoms with Gasteiger partial charge in [0.2, 0.25) is 8.68 Å². The first kappa shape index (κ1) is 33.4. The van der Waals surface area contributed by atoms with Gasteiger partial charge in [-0.05, 0) is 68.1 Å². The Bertz CT molecular complexity index is 1880. The number of para-hydroxylation sites is 2. The Labute approximate surface area is 290 Å². The highest BCUT2D eigenvalue weighted by atomic mass is 32.3. The van der Waals surface area contributed by atoms with Crippen molar-refractivity contribution in [3.05, 3.63) is 72.8 Å². The standard InChI is InChI=1S/C34H40N6O4S4/c41-47(42,33-37-29-18-7-9-20-31(29)45-33)39(27-14-3-1-4-15-27)23-35-25-12-11-13-26(22-25)36-24-40(28-16-5-2-6-17-28)48(43,44)34-38-30-19-8-10-21-32(30)46-34/h7-13,18-22,27-28,35-36H,1-6,14-17,23-24H2. The molecule has 2 N–H and O–H groups in total. The molecule has 0 bridgehead atoms. The SMILES string of the molecule is O=S(=O)(c1nc2ccccc2s1)N(CNc1cccc(NCN(C2CCCCC2)S(=O)(=O)c2nc3ccccc3s2)c1)C1CCCCC1. The molecular weight excluding hydrogens is 685 g/mol. The van der Waals surface area contributed by atoms with E-state index in [1.807, 2.05) is 72.8 Å². The van der Waals surface area contributed by atoms with Gasteiger partial charge in [-0.3, -0.25) is 0 Å². The van der Waals surface area contributed by atoms with E-state index in [0.29, 0.717) is 11.0 Å². The summed E-state index contributed by atoms with van der Waals surface area (Å²) in [4.78, 5) is 8.99. The average molecular weight is 725 g/mol. The number of nitrogens with zero attached hydrogens (tertiary/aromatic N) is 4. The van der Waals surface area contributed by atoms with Gasteiger partial charge in [0, 0.05) is 23.5 Å². The molecule has 2 aromatic heterocycles. The predicted molar refractivity (Wildman–Crippen MR) is 194 cm³/mol. The molecular formula is C34H40N6O4S4. The second kappa shape index (κ2) is 14.4. The fourth-order valence-corrected chi connectivity index (χ4v) is 12.6. The number of nitrogens with one attached hydrogen (secondary N) is 2. The molecule has 0 radical (unpaired) electrons. The number of sulfonamides is 2. The first-order chi connectivity index (χ1) is 23.3. The van der Waals surface area contributed by atoms with Crippen LogP contribution >= 0.6 is 22.7 Å². The van der Waals surface area contributed by atoms with E-state index in [2.05, 4.69) is 20.6 Å². The molecule has 0 aliphatic heterocycles. The minimum atomic E-state index is -3.85. The van der Waals surface area contributed by atoms with Gasteiger partial charge in [-0.15, -0.1) is 22.7 Å². The summed E-state index contributed by atoms with van der Waals surface area (Å²) in [6, 6.07) is 22.3. The Morgan fingerprint density at radius 3 is 1.42 bits per heavy atom. The third-order valence-electron chi connectivity index (χ3n) is 9.31. The molecule has 10 nitrogen and oxygen atoms in total. The van der Waals surface area contributed by atoms with Crippen molar-refractivity contribution in [1.29, 1.82) is 0 Å². The number of hydrogen-bond acceptors (Lipinski definition) is 10. The molecule has 0 atom stereocenters. The van der Waals surface area contributed by atoms with Crippen molar-refractivity contribution in [3.8, 4) is 0 Å². The van der Waals surface area contributed by atoms with E-state index in [9.17, 15) is 16.8 Å². The van der Waals surface area contributed by atoms with Gasteiger partial charge in [0.25, 0.3) is 20.0 Å². The number of anilines is 2. The first-order valence-electron chi connectivity index (χ1n) is 16.6. The van der Waals surface area contributed by atoms with Crippen molar-refractivity contribution in [1.82, 2.24) is 18.6 Å². The largest absolute Gasteiger partial charge is 0.371 e. The van der Waals surface area contributed by atoms with E-state index >= 15 is 0 Å². The summed E-state index contributed by atoms with van der Waals surface area (Å²) in [5, 5.41) is 6.72. The minimum Gasteiger partial charge on any atom is -0.371 e. The van der Waals surface area contributed by atoms with Gasteiger partial charge in [-0.25, -0.2) is 26.8 Å². The zero-order valence-corrected chi connectivity index (χ0v) is 29.9. The summed E-state index contributed by atoms with van der Waals surface area (Å²) < 4.78 is 61.2. The second-order valence-corrected chi connectivity index (χ2v) is 18.7. The van der Waals surface area contributed by atoms with Gasteiger partial charge < -0.3 is 10.6 Å². The fraction of sp³-hybridized carbons (Fsp3) is 0.412. The van der Waals surface area contributed by atoms with E-state index in [0.717, 1.165) is 85.0 Å². The molecule has 254 valence electrons. The molecule has 2 aliphatic rings. The van der Waals surface area contributed by atoms with E-state index in [4.69, 9.17) is 0 Å². The lowest BCUT2D eigenvalue weighted by Gasteiger charge is -2.33. The number of rotatable bonds is 12. The van der Waals surface area contributed by atoms with Gasteiger partial charge in [-0.2, -0.15) is 8.61 Å². The van der Waals surface area contributed by atoms with Crippen LogP contribution in [0.2, 0.25) is 0 Å². The second-order valence-electron chi connectivity index (χ2n) is 12.5. The monoisotopic (exact) mass is 724 g/mol. The minimum absolute atomic E-state index is 0.104. The van der Waals surface area contributed by atoms with E-state index < -0.39 is 20.0 Å². The summed E-state index contributed by atoms with van der Waals surface area (Å²) >= 11 is 2.41. The van der Waals surface area contributed by atoms with Gasteiger partial charge in [0.1, 0.15) is 0 Å². The summed E-state index contributed by atoms with van der Waals surface area (Å²) in [7, 11) is -7.69. The molecule has 3 aromatic carbocycles. The number of thiazole rings is 2. The Morgan fingerprint density at radius 1 is 0.583 bits per heavy atom. The normalized spacial score (nSPS) is 17.0. The van der Waals surface area contributed by atoms with Crippen LogP contribution in [0, 0.1) is 0 Å². The highest BCUT2D eigenvalue weighted by Gasteiger charge is 2.36. The van der Waals surface area contributed by atoms with Crippen LogP contribution in [-0.4, -0.2) is 60.8 Å². The molecule has 48 heavy (non-hydrogen) atoms. The van der Waals surface area contributed by atoms with Crippen LogP contribution in [0.3, 0.4) is 0 Å². The molecule has 0 saturated heterocycles. The Balaban J connectivity index is 1.09. The van der Waals surface area contributed by atoms with Crippen LogP contribution in [0.15, 0.2) is 81.5 Å². The molecule has 0 spiro atoms. The maximum absolute atomic E-state index is 14.0. The Kier molecular flexibility index (Phi) is 9.99. The molecule has 5 aromatic rings. The van der Waals surface area contributed by atoms with Crippen molar-refractivity contribution < 1.29 is 16.8 Å². The van der Waals surface area contributed by atoms with E-state index in [1.54, 1.807) is 8.61 Å². The van der Waals surface area contributed by atoms with Gasteiger partial charge in [-0.1, -0.05) is 68.9 Å². The lowest BCUT2D eigenvalue weighted by Crippen LogP contribution is -2.44.